The zero-order valence-corrected chi connectivity index (χ0v) is 11.4. The third kappa shape index (κ3) is 2.38. The molecule has 2 atom stereocenters. The van der Waals surface area contributed by atoms with Gasteiger partial charge in [0.05, 0.1) is 6.04 Å². The van der Waals surface area contributed by atoms with Crippen molar-refractivity contribution in [3.63, 3.8) is 0 Å². The number of nitrogens with two attached hydrogens (primary N) is 1. The summed E-state index contributed by atoms with van der Waals surface area (Å²) in [5, 5.41) is 0.467. The minimum Gasteiger partial charge on any atom is -0.488 e. The molecule has 1 aliphatic heterocycles. The van der Waals surface area contributed by atoms with Gasteiger partial charge in [0.2, 0.25) is 0 Å². The molecule has 20 heavy (non-hydrogen) atoms. The number of hydrazine groups is 1. The molecular weight excluding hydrogens is 279 g/mol. The number of para-hydroxylation sites is 1. The number of benzene rings is 2. The van der Waals surface area contributed by atoms with Gasteiger partial charge < -0.3 is 4.74 Å². The van der Waals surface area contributed by atoms with E-state index in [2.05, 4.69) is 5.43 Å². The summed E-state index contributed by atoms with van der Waals surface area (Å²) in [6.45, 7) is 0. The van der Waals surface area contributed by atoms with Gasteiger partial charge in [-0.3, -0.25) is 5.84 Å². The van der Waals surface area contributed by atoms with Crippen molar-refractivity contribution in [2.75, 3.05) is 0 Å². The van der Waals surface area contributed by atoms with E-state index in [1.54, 1.807) is 0 Å². The van der Waals surface area contributed by atoms with Crippen molar-refractivity contribution in [2.45, 2.75) is 18.6 Å². The standard InChI is InChI=1S/C15H14ClFN2O/c16-12-6-5-10(17)8-11(12)15(19-18)14-7-9-3-1-2-4-13(9)20-14/h1-6,8,14-15,19H,7,18H2. The van der Waals surface area contributed by atoms with Crippen molar-refractivity contribution in [3.8, 4) is 5.75 Å². The first-order valence-electron chi connectivity index (χ1n) is 6.34. The number of hydrogen-bond donors (Lipinski definition) is 2. The summed E-state index contributed by atoms with van der Waals surface area (Å²) in [4.78, 5) is 0. The summed E-state index contributed by atoms with van der Waals surface area (Å²) in [7, 11) is 0. The molecule has 2 unspecified atom stereocenters. The fourth-order valence-electron chi connectivity index (χ4n) is 2.55. The molecule has 3 N–H and O–H groups in total. The van der Waals surface area contributed by atoms with Crippen LogP contribution in [0, 0.1) is 5.82 Å². The van der Waals surface area contributed by atoms with E-state index in [0.29, 0.717) is 17.0 Å². The first kappa shape index (κ1) is 13.4. The highest BCUT2D eigenvalue weighted by molar-refractivity contribution is 6.31. The summed E-state index contributed by atoms with van der Waals surface area (Å²) < 4.78 is 19.3. The summed E-state index contributed by atoms with van der Waals surface area (Å²) >= 11 is 6.14. The van der Waals surface area contributed by atoms with Crippen LogP contribution in [0.5, 0.6) is 5.75 Å². The first-order chi connectivity index (χ1) is 9.69. The normalized spacial score (nSPS) is 18.4. The van der Waals surface area contributed by atoms with E-state index in [0.717, 1.165) is 11.3 Å². The van der Waals surface area contributed by atoms with Crippen LogP contribution in [0.2, 0.25) is 5.02 Å². The lowest BCUT2D eigenvalue weighted by atomic mass is 9.98. The van der Waals surface area contributed by atoms with Crippen molar-refractivity contribution in [3.05, 3.63) is 64.4 Å². The van der Waals surface area contributed by atoms with Gasteiger partial charge in [0.25, 0.3) is 0 Å². The Morgan fingerprint density at radius 2 is 2.10 bits per heavy atom. The molecule has 0 aromatic heterocycles. The van der Waals surface area contributed by atoms with Crippen molar-refractivity contribution in [1.82, 2.24) is 5.43 Å². The highest BCUT2D eigenvalue weighted by atomic mass is 35.5. The zero-order chi connectivity index (χ0) is 14.1. The third-order valence-corrected chi connectivity index (χ3v) is 3.86. The fourth-order valence-corrected chi connectivity index (χ4v) is 2.78. The van der Waals surface area contributed by atoms with Gasteiger partial charge in [-0.1, -0.05) is 29.8 Å². The van der Waals surface area contributed by atoms with Crippen LogP contribution in [0.1, 0.15) is 17.2 Å². The van der Waals surface area contributed by atoms with E-state index >= 15 is 0 Å². The van der Waals surface area contributed by atoms with Gasteiger partial charge >= 0.3 is 0 Å². The quantitative estimate of drug-likeness (QED) is 0.675. The van der Waals surface area contributed by atoms with E-state index in [1.165, 1.54) is 18.2 Å². The van der Waals surface area contributed by atoms with Crippen molar-refractivity contribution in [2.24, 2.45) is 5.84 Å². The number of hydrogen-bond acceptors (Lipinski definition) is 3. The van der Waals surface area contributed by atoms with Crippen LogP contribution in [-0.2, 0) is 6.42 Å². The highest BCUT2D eigenvalue weighted by Crippen LogP contribution is 2.35. The van der Waals surface area contributed by atoms with Crippen LogP contribution >= 0.6 is 11.6 Å². The minimum absolute atomic E-state index is 0.211. The average Bonchev–Trinajstić information content (AvgIpc) is 2.87. The van der Waals surface area contributed by atoms with E-state index in [9.17, 15) is 4.39 Å². The van der Waals surface area contributed by atoms with Gasteiger partial charge in [-0.25, -0.2) is 9.82 Å². The molecule has 0 aliphatic carbocycles. The van der Waals surface area contributed by atoms with Crippen molar-refractivity contribution < 1.29 is 9.13 Å². The smallest absolute Gasteiger partial charge is 0.124 e. The monoisotopic (exact) mass is 292 g/mol. The molecule has 0 amide bonds. The van der Waals surface area contributed by atoms with E-state index in [-0.39, 0.29) is 18.0 Å². The van der Waals surface area contributed by atoms with E-state index in [4.69, 9.17) is 22.2 Å². The molecule has 0 radical (unpaired) electrons. The van der Waals surface area contributed by atoms with Gasteiger partial charge in [-0.05, 0) is 35.4 Å². The number of ether oxygens (including phenoxy) is 1. The number of rotatable bonds is 3. The second kappa shape index (κ2) is 5.40. The molecule has 0 bridgehead atoms. The Morgan fingerprint density at radius 1 is 1.30 bits per heavy atom. The molecule has 3 nitrogen and oxygen atoms in total. The molecule has 0 saturated heterocycles. The summed E-state index contributed by atoms with van der Waals surface area (Å²) in [6.07, 6.45) is 0.495. The number of fused-ring (bicyclic) bond motifs is 1. The average molecular weight is 293 g/mol. The Hall–Kier alpha value is -1.62. The Balaban J connectivity index is 1.91. The topological polar surface area (TPSA) is 47.3 Å². The lowest BCUT2D eigenvalue weighted by molar-refractivity contribution is 0.179. The second-order valence-electron chi connectivity index (χ2n) is 4.78. The van der Waals surface area contributed by atoms with Crippen molar-refractivity contribution in [1.29, 1.82) is 0 Å². The zero-order valence-electron chi connectivity index (χ0n) is 10.6. The Kier molecular flexibility index (Phi) is 3.61. The van der Waals surface area contributed by atoms with Crippen LogP contribution in [-0.4, -0.2) is 6.10 Å². The van der Waals surface area contributed by atoms with E-state index in [1.807, 2.05) is 24.3 Å². The maximum absolute atomic E-state index is 13.4. The lowest BCUT2D eigenvalue weighted by Crippen LogP contribution is -2.39. The van der Waals surface area contributed by atoms with Gasteiger partial charge in [0, 0.05) is 11.4 Å². The molecule has 1 heterocycles. The SMILES string of the molecule is NNC(c1cc(F)ccc1Cl)C1Cc2ccccc2O1. The molecule has 0 fully saturated rings. The molecule has 0 spiro atoms. The molecular formula is C15H14ClFN2O. The summed E-state index contributed by atoms with van der Waals surface area (Å²) in [6, 6.07) is 11.7. The van der Waals surface area contributed by atoms with E-state index < -0.39 is 0 Å². The van der Waals surface area contributed by atoms with Crippen LogP contribution < -0.4 is 16.0 Å². The molecule has 104 valence electrons. The van der Waals surface area contributed by atoms with Gasteiger partial charge in [-0.2, -0.15) is 0 Å². The van der Waals surface area contributed by atoms with Gasteiger partial charge in [0.1, 0.15) is 17.7 Å². The maximum atomic E-state index is 13.4. The molecule has 3 rings (SSSR count). The largest absolute Gasteiger partial charge is 0.488 e. The fraction of sp³-hybridized carbons (Fsp3) is 0.200. The minimum atomic E-state index is -0.370. The molecule has 1 aliphatic rings. The molecule has 2 aromatic carbocycles. The molecule has 2 aromatic rings. The molecule has 0 saturated carbocycles. The third-order valence-electron chi connectivity index (χ3n) is 3.52. The summed E-state index contributed by atoms with van der Waals surface area (Å²) in [5.74, 6) is 6.12. The van der Waals surface area contributed by atoms with Crippen LogP contribution in [0.15, 0.2) is 42.5 Å². The van der Waals surface area contributed by atoms with Crippen LogP contribution in [0.3, 0.4) is 0 Å². The van der Waals surface area contributed by atoms with Crippen LogP contribution in [0.25, 0.3) is 0 Å². The highest BCUT2D eigenvalue weighted by Gasteiger charge is 2.32. The first-order valence-corrected chi connectivity index (χ1v) is 6.72. The molecule has 5 heteroatoms. The lowest BCUT2D eigenvalue weighted by Gasteiger charge is -2.23. The number of nitrogens with one attached hydrogen (secondary N) is 1. The predicted octanol–water partition coefficient (Wildman–Crippen LogP) is 2.99. The Bertz CT molecular complexity index is 610. The second-order valence-corrected chi connectivity index (χ2v) is 5.19. The van der Waals surface area contributed by atoms with Gasteiger partial charge in [-0.15, -0.1) is 0 Å². The summed E-state index contributed by atoms with van der Waals surface area (Å²) in [5.41, 5.74) is 4.41. The van der Waals surface area contributed by atoms with Crippen molar-refractivity contribution >= 4 is 11.6 Å². The van der Waals surface area contributed by atoms with Crippen LogP contribution in [0.4, 0.5) is 4.39 Å². The number of halogens is 2. The Labute approximate surface area is 121 Å². The predicted molar refractivity (Wildman–Crippen MR) is 76.0 cm³/mol. The maximum Gasteiger partial charge on any atom is 0.124 e. The Morgan fingerprint density at radius 3 is 2.85 bits per heavy atom. The van der Waals surface area contributed by atoms with Gasteiger partial charge in [0.15, 0.2) is 0 Å².